The number of alkyl halides is 2. The SMILES string of the molecule is CN(CC(F)F)C(=O)c1cccc(S(=O)(=O)Cl)c1. The largest absolute Gasteiger partial charge is 0.336 e. The normalized spacial score (nSPS) is 11.6. The number of carbonyl (C=O) groups excluding carboxylic acids is 1. The monoisotopic (exact) mass is 297 g/mol. The minimum absolute atomic E-state index is 0.0140. The minimum atomic E-state index is -3.95. The zero-order chi connectivity index (χ0) is 13.9. The molecule has 100 valence electrons. The van der Waals surface area contributed by atoms with Gasteiger partial charge in [-0.1, -0.05) is 6.07 Å². The quantitative estimate of drug-likeness (QED) is 0.798. The maximum absolute atomic E-state index is 12.1. The standard InChI is InChI=1S/C10H10ClF2NO3S/c1-14(6-9(12)13)10(15)7-3-2-4-8(5-7)18(11,16)17/h2-5,9H,6H2,1H3. The van der Waals surface area contributed by atoms with Gasteiger partial charge >= 0.3 is 0 Å². The van der Waals surface area contributed by atoms with E-state index in [2.05, 4.69) is 0 Å². The van der Waals surface area contributed by atoms with Gasteiger partial charge in [0.2, 0.25) is 0 Å². The number of nitrogens with zero attached hydrogens (tertiary/aromatic N) is 1. The molecule has 0 saturated heterocycles. The molecule has 1 amide bonds. The Balaban J connectivity index is 3.01. The van der Waals surface area contributed by atoms with Crippen LogP contribution in [-0.2, 0) is 9.05 Å². The summed E-state index contributed by atoms with van der Waals surface area (Å²) in [5, 5.41) is 0. The fourth-order valence-corrected chi connectivity index (χ4v) is 2.09. The Labute approximate surface area is 108 Å². The van der Waals surface area contributed by atoms with Crippen LogP contribution >= 0.6 is 10.7 Å². The highest BCUT2D eigenvalue weighted by Gasteiger charge is 2.18. The lowest BCUT2D eigenvalue weighted by atomic mass is 10.2. The van der Waals surface area contributed by atoms with Crippen molar-refractivity contribution >= 4 is 25.6 Å². The summed E-state index contributed by atoms with van der Waals surface area (Å²) >= 11 is 0. The lowest BCUT2D eigenvalue weighted by Gasteiger charge is -2.16. The highest BCUT2D eigenvalue weighted by Crippen LogP contribution is 2.17. The van der Waals surface area contributed by atoms with E-state index in [1.54, 1.807) is 0 Å². The lowest BCUT2D eigenvalue weighted by molar-refractivity contribution is 0.0620. The summed E-state index contributed by atoms with van der Waals surface area (Å²) in [6.45, 7) is -0.726. The van der Waals surface area contributed by atoms with Gasteiger partial charge in [0.25, 0.3) is 21.4 Å². The number of hydrogen-bond donors (Lipinski definition) is 0. The molecule has 0 atom stereocenters. The number of halogens is 3. The zero-order valence-corrected chi connectivity index (χ0v) is 10.9. The molecule has 1 aromatic carbocycles. The van der Waals surface area contributed by atoms with E-state index in [9.17, 15) is 22.0 Å². The van der Waals surface area contributed by atoms with Crippen molar-refractivity contribution in [1.29, 1.82) is 0 Å². The van der Waals surface area contributed by atoms with Gasteiger partial charge in [-0.15, -0.1) is 0 Å². The van der Waals surface area contributed by atoms with E-state index in [1.165, 1.54) is 25.2 Å². The highest BCUT2D eigenvalue weighted by molar-refractivity contribution is 8.13. The summed E-state index contributed by atoms with van der Waals surface area (Å²) in [4.78, 5) is 12.3. The van der Waals surface area contributed by atoms with Crippen molar-refractivity contribution in [2.75, 3.05) is 13.6 Å². The molecule has 1 aromatic rings. The number of benzene rings is 1. The van der Waals surface area contributed by atoms with Gasteiger partial charge in [0.05, 0.1) is 11.4 Å². The van der Waals surface area contributed by atoms with Crippen molar-refractivity contribution in [1.82, 2.24) is 4.90 Å². The smallest absolute Gasteiger partial charge is 0.261 e. The second-order valence-electron chi connectivity index (χ2n) is 3.54. The molecular weight excluding hydrogens is 288 g/mol. The van der Waals surface area contributed by atoms with Gasteiger partial charge in [-0.25, -0.2) is 17.2 Å². The molecule has 0 spiro atoms. The van der Waals surface area contributed by atoms with Crippen molar-refractivity contribution in [3.05, 3.63) is 29.8 Å². The number of rotatable bonds is 4. The van der Waals surface area contributed by atoms with E-state index >= 15 is 0 Å². The van der Waals surface area contributed by atoms with E-state index in [-0.39, 0.29) is 10.5 Å². The number of amides is 1. The van der Waals surface area contributed by atoms with E-state index in [1.807, 2.05) is 0 Å². The van der Waals surface area contributed by atoms with Crippen LogP contribution in [0.4, 0.5) is 8.78 Å². The van der Waals surface area contributed by atoms with E-state index in [4.69, 9.17) is 10.7 Å². The summed E-state index contributed by atoms with van der Waals surface area (Å²) in [6, 6.07) is 4.91. The molecule has 4 nitrogen and oxygen atoms in total. The molecule has 0 aliphatic heterocycles. The molecular formula is C10H10ClF2NO3S. The predicted molar refractivity (Wildman–Crippen MR) is 62.4 cm³/mol. The Bertz CT molecular complexity index is 548. The summed E-state index contributed by atoms with van der Waals surface area (Å²) in [6.07, 6.45) is -2.65. The van der Waals surface area contributed by atoms with Crippen molar-refractivity contribution in [3.8, 4) is 0 Å². The van der Waals surface area contributed by atoms with Crippen molar-refractivity contribution in [3.63, 3.8) is 0 Å². The molecule has 0 radical (unpaired) electrons. The third-order valence-corrected chi connectivity index (χ3v) is 3.47. The molecule has 0 bridgehead atoms. The second kappa shape index (κ2) is 5.62. The van der Waals surface area contributed by atoms with Crippen LogP contribution in [0.5, 0.6) is 0 Å². The molecule has 0 fully saturated rings. The molecule has 0 unspecified atom stereocenters. The Hall–Kier alpha value is -1.21. The average molecular weight is 298 g/mol. The summed E-state index contributed by atoms with van der Waals surface area (Å²) in [5.74, 6) is -0.697. The van der Waals surface area contributed by atoms with Crippen molar-refractivity contribution < 1.29 is 22.0 Å². The highest BCUT2D eigenvalue weighted by atomic mass is 35.7. The molecule has 0 saturated carbocycles. The molecule has 18 heavy (non-hydrogen) atoms. The first-order valence-corrected chi connectivity index (χ1v) is 7.11. The number of hydrogen-bond acceptors (Lipinski definition) is 3. The summed E-state index contributed by atoms with van der Waals surface area (Å²) < 4.78 is 46.4. The van der Waals surface area contributed by atoms with E-state index in [0.717, 1.165) is 11.0 Å². The van der Waals surface area contributed by atoms with Gasteiger partial charge in [0.15, 0.2) is 0 Å². The molecule has 0 aromatic heterocycles. The molecule has 1 rings (SSSR count). The van der Waals surface area contributed by atoms with Gasteiger partial charge in [-0.3, -0.25) is 4.79 Å². The molecule has 0 heterocycles. The third kappa shape index (κ3) is 3.92. The zero-order valence-electron chi connectivity index (χ0n) is 9.31. The molecule has 0 aliphatic carbocycles. The van der Waals surface area contributed by atoms with Gasteiger partial charge < -0.3 is 4.90 Å². The molecule has 0 aliphatic rings. The first-order chi connectivity index (χ1) is 8.21. The van der Waals surface area contributed by atoms with Crippen LogP contribution in [0.1, 0.15) is 10.4 Å². The first-order valence-electron chi connectivity index (χ1n) is 4.80. The van der Waals surface area contributed by atoms with E-state index < -0.39 is 27.9 Å². The maximum Gasteiger partial charge on any atom is 0.261 e. The second-order valence-corrected chi connectivity index (χ2v) is 6.11. The van der Waals surface area contributed by atoms with Gasteiger partial charge in [-0.05, 0) is 18.2 Å². The minimum Gasteiger partial charge on any atom is -0.336 e. The third-order valence-electron chi connectivity index (χ3n) is 2.12. The van der Waals surface area contributed by atoms with Crippen molar-refractivity contribution in [2.45, 2.75) is 11.3 Å². The van der Waals surface area contributed by atoms with Crippen LogP contribution in [0.25, 0.3) is 0 Å². The topological polar surface area (TPSA) is 54.5 Å². The first kappa shape index (κ1) is 14.8. The Morgan fingerprint density at radius 2 is 2.06 bits per heavy atom. The van der Waals surface area contributed by atoms with Crippen LogP contribution in [-0.4, -0.2) is 39.2 Å². The van der Waals surface area contributed by atoms with Crippen LogP contribution in [0, 0.1) is 0 Å². The Morgan fingerprint density at radius 3 is 2.56 bits per heavy atom. The van der Waals surface area contributed by atoms with Gasteiger partial charge in [0.1, 0.15) is 0 Å². The lowest BCUT2D eigenvalue weighted by Crippen LogP contribution is -2.31. The summed E-state index contributed by atoms with van der Waals surface area (Å²) in [7, 11) is 2.38. The maximum atomic E-state index is 12.1. The van der Waals surface area contributed by atoms with Crippen LogP contribution in [0.3, 0.4) is 0 Å². The van der Waals surface area contributed by atoms with Crippen LogP contribution in [0.2, 0.25) is 0 Å². The summed E-state index contributed by atoms with van der Waals surface area (Å²) in [5.41, 5.74) is -0.0140. The van der Waals surface area contributed by atoms with E-state index in [0.29, 0.717) is 0 Å². The van der Waals surface area contributed by atoms with Gasteiger partial charge in [-0.2, -0.15) is 0 Å². The number of carbonyl (C=O) groups is 1. The predicted octanol–water partition coefficient (Wildman–Crippen LogP) is 1.95. The van der Waals surface area contributed by atoms with Crippen LogP contribution < -0.4 is 0 Å². The fourth-order valence-electron chi connectivity index (χ4n) is 1.29. The fraction of sp³-hybridized carbons (Fsp3) is 0.300. The Morgan fingerprint density at radius 1 is 1.44 bits per heavy atom. The van der Waals surface area contributed by atoms with Crippen LogP contribution in [0.15, 0.2) is 29.2 Å². The van der Waals surface area contributed by atoms with Crippen molar-refractivity contribution in [2.24, 2.45) is 0 Å². The molecule has 8 heteroatoms. The average Bonchev–Trinajstić information content (AvgIpc) is 2.26. The Kier molecular flexibility index (Phi) is 4.64. The molecule has 0 N–H and O–H groups in total. The van der Waals surface area contributed by atoms with Gasteiger partial charge in [0, 0.05) is 23.3 Å².